The zero-order valence-corrected chi connectivity index (χ0v) is 8.99. The van der Waals surface area contributed by atoms with Gasteiger partial charge in [-0.05, 0) is 13.0 Å². The van der Waals surface area contributed by atoms with Gasteiger partial charge in [-0.15, -0.1) is 0 Å². The average Bonchev–Trinajstić information content (AvgIpc) is 2.48. The highest BCUT2D eigenvalue weighted by Gasteiger charge is 2.29. The Labute approximate surface area is 85.3 Å². The molecule has 0 aromatic heterocycles. The molecule has 4 nitrogen and oxygen atoms in total. The maximum Gasteiger partial charge on any atom is 0.223 e. The van der Waals surface area contributed by atoms with Crippen LogP contribution in [0.25, 0.3) is 0 Å². The number of carbonyl (C=O) groups excluding carboxylic acids is 1. The molecule has 0 aromatic rings. The minimum Gasteiger partial charge on any atom is -0.390 e. The number of likely N-dealkylation sites (tertiary alicyclic amines) is 1. The molecule has 1 aliphatic heterocycles. The van der Waals surface area contributed by atoms with Crippen LogP contribution in [-0.4, -0.2) is 48.7 Å². The zero-order chi connectivity index (χ0) is 10.6. The van der Waals surface area contributed by atoms with Crippen molar-refractivity contribution in [3.8, 4) is 0 Å². The monoisotopic (exact) mass is 200 g/mol. The summed E-state index contributed by atoms with van der Waals surface area (Å²) in [6.07, 6.45) is 1.26. The number of aliphatic hydroxyl groups excluding tert-OH is 1. The Kier molecular flexibility index (Phi) is 4.35. The lowest BCUT2D eigenvalue weighted by atomic mass is 10.1. The SMILES string of the molecule is CCC1CC(=O)N(CC(O)CNC)C1. The summed E-state index contributed by atoms with van der Waals surface area (Å²) in [4.78, 5) is 13.3. The van der Waals surface area contributed by atoms with Crippen molar-refractivity contribution < 1.29 is 9.90 Å². The third kappa shape index (κ3) is 2.96. The highest BCUT2D eigenvalue weighted by atomic mass is 16.3. The van der Waals surface area contributed by atoms with Crippen molar-refractivity contribution in [1.29, 1.82) is 0 Å². The number of hydrogen-bond donors (Lipinski definition) is 2. The standard InChI is InChI=1S/C10H20N2O2/c1-3-8-4-10(14)12(6-8)7-9(13)5-11-2/h8-9,11,13H,3-7H2,1-2H3. The maximum absolute atomic E-state index is 11.5. The molecule has 0 saturated carbocycles. The molecule has 1 aliphatic rings. The van der Waals surface area contributed by atoms with Crippen molar-refractivity contribution in [2.45, 2.75) is 25.9 Å². The van der Waals surface area contributed by atoms with Gasteiger partial charge in [0.15, 0.2) is 0 Å². The van der Waals surface area contributed by atoms with Crippen LogP contribution in [0, 0.1) is 5.92 Å². The van der Waals surface area contributed by atoms with E-state index in [-0.39, 0.29) is 5.91 Å². The first kappa shape index (κ1) is 11.5. The van der Waals surface area contributed by atoms with E-state index < -0.39 is 6.10 Å². The lowest BCUT2D eigenvalue weighted by Crippen LogP contribution is -2.38. The molecule has 2 N–H and O–H groups in total. The molecule has 0 aliphatic carbocycles. The number of amides is 1. The summed E-state index contributed by atoms with van der Waals surface area (Å²) in [5.74, 6) is 0.677. The van der Waals surface area contributed by atoms with Gasteiger partial charge in [0.05, 0.1) is 6.10 Å². The number of rotatable bonds is 5. The Morgan fingerprint density at radius 3 is 2.93 bits per heavy atom. The van der Waals surface area contributed by atoms with Gasteiger partial charge in [-0.2, -0.15) is 0 Å². The topological polar surface area (TPSA) is 52.6 Å². The summed E-state index contributed by atoms with van der Waals surface area (Å²) in [6.45, 7) is 3.93. The van der Waals surface area contributed by atoms with Gasteiger partial charge in [-0.3, -0.25) is 4.79 Å². The molecule has 1 fully saturated rings. The van der Waals surface area contributed by atoms with Crippen LogP contribution in [0.1, 0.15) is 19.8 Å². The largest absolute Gasteiger partial charge is 0.390 e. The van der Waals surface area contributed by atoms with E-state index in [0.717, 1.165) is 13.0 Å². The molecule has 82 valence electrons. The molecule has 14 heavy (non-hydrogen) atoms. The van der Waals surface area contributed by atoms with Gasteiger partial charge in [-0.25, -0.2) is 0 Å². The van der Waals surface area contributed by atoms with Gasteiger partial charge < -0.3 is 15.3 Å². The maximum atomic E-state index is 11.5. The van der Waals surface area contributed by atoms with Crippen LogP contribution in [0.5, 0.6) is 0 Å². The van der Waals surface area contributed by atoms with Gasteiger partial charge in [0, 0.05) is 26.1 Å². The number of hydrogen-bond acceptors (Lipinski definition) is 3. The number of aliphatic hydroxyl groups is 1. The predicted molar refractivity (Wildman–Crippen MR) is 54.9 cm³/mol. The first-order chi connectivity index (χ1) is 6.67. The second-order valence-corrected chi connectivity index (χ2v) is 3.99. The van der Waals surface area contributed by atoms with Gasteiger partial charge in [0.1, 0.15) is 0 Å². The smallest absolute Gasteiger partial charge is 0.223 e. The number of nitrogens with one attached hydrogen (secondary N) is 1. The molecule has 0 radical (unpaired) electrons. The summed E-state index contributed by atoms with van der Waals surface area (Å²) >= 11 is 0. The Balaban J connectivity index is 2.34. The lowest BCUT2D eigenvalue weighted by Gasteiger charge is -2.20. The zero-order valence-electron chi connectivity index (χ0n) is 8.99. The van der Waals surface area contributed by atoms with Crippen molar-refractivity contribution in [3.05, 3.63) is 0 Å². The first-order valence-corrected chi connectivity index (χ1v) is 5.27. The van der Waals surface area contributed by atoms with Crippen LogP contribution in [0.15, 0.2) is 0 Å². The fourth-order valence-electron chi connectivity index (χ4n) is 1.86. The number of likely N-dealkylation sites (N-methyl/N-ethyl adjacent to an activating group) is 1. The van der Waals surface area contributed by atoms with Crippen LogP contribution in [0.3, 0.4) is 0 Å². The van der Waals surface area contributed by atoms with Gasteiger partial charge in [-0.1, -0.05) is 13.3 Å². The molecular weight excluding hydrogens is 180 g/mol. The van der Waals surface area contributed by atoms with Crippen molar-refractivity contribution in [2.75, 3.05) is 26.7 Å². The molecule has 2 atom stereocenters. The van der Waals surface area contributed by atoms with E-state index >= 15 is 0 Å². The summed E-state index contributed by atoms with van der Waals surface area (Å²) in [6, 6.07) is 0. The van der Waals surface area contributed by atoms with Crippen LogP contribution in [0.4, 0.5) is 0 Å². The van der Waals surface area contributed by atoms with Crippen molar-refractivity contribution in [1.82, 2.24) is 10.2 Å². The molecule has 1 saturated heterocycles. The van der Waals surface area contributed by atoms with E-state index in [1.807, 2.05) is 0 Å². The van der Waals surface area contributed by atoms with Crippen molar-refractivity contribution >= 4 is 5.91 Å². The number of β-amino-alcohol motifs (C(OH)–C–C–N with tert-alkyl or cyclic N) is 1. The van der Waals surface area contributed by atoms with E-state index in [1.165, 1.54) is 0 Å². The Hall–Kier alpha value is -0.610. The minimum absolute atomic E-state index is 0.187. The van der Waals surface area contributed by atoms with Crippen LogP contribution < -0.4 is 5.32 Å². The molecular formula is C10H20N2O2. The van der Waals surface area contributed by atoms with E-state index in [4.69, 9.17) is 0 Å². The number of nitrogens with zero attached hydrogens (tertiary/aromatic N) is 1. The highest BCUT2D eigenvalue weighted by Crippen LogP contribution is 2.20. The molecule has 1 heterocycles. The Morgan fingerprint density at radius 1 is 1.71 bits per heavy atom. The average molecular weight is 200 g/mol. The van der Waals surface area contributed by atoms with Crippen LogP contribution in [0.2, 0.25) is 0 Å². The lowest BCUT2D eigenvalue weighted by molar-refractivity contribution is -0.128. The second kappa shape index (κ2) is 5.32. The fraction of sp³-hybridized carbons (Fsp3) is 0.900. The summed E-state index contributed by atoms with van der Waals surface area (Å²) in [5.41, 5.74) is 0. The summed E-state index contributed by atoms with van der Waals surface area (Å²) in [7, 11) is 1.80. The van der Waals surface area contributed by atoms with Crippen LogP contribution >= 0.6 is 0 Å². The normalized spacial score (nSPS) is 24.4. The highest BCUT2D eigenvalue weighted by molar-refractivity contribution is 5.78. The molecule has 0 spiro atoms. The second-order valence-electron chi connectivity index (χ2n) is 3.99. The van der Waals surface area contributed by atoms with E-state index in [9.17, 15) is 9.90 Å². The van der Waals surface area contributed by atoms with Crippen molar-refractivity contribution in [2.24, 2.45) is 5.92 Å². The van der Waals surface area contributed by atoms with Gasteiger partial charge >= 0.3 is 0 Å². The fourth-order valence-corrected chi connectivity index (χ4v) is 1.86. The molecule has 0 aromatic carbocycles. The van der Waals surface area contributed by atoms with Crippen molar-refractivity contribution in [3.63, 3.8) is 0 Å². The first-order valence-electron chi connectivity index (χ1n) is 5.27. The molecule has 1 rings (SSSR count). The van der Waals surface area contributed by atoms with Gasteiger partial charge in [0.2, 0.25) is 5.91 Å². The molecule has 2 unspecified atom stereocenters. The quantitative estimate of drug-likeness (QED) is 0.647. The van der Waals surface area contributed by atoms with Crippen LogP contribution in [-0.2, 0) is 4.79 Å². The Bertz CT molecular complexity index is 197. The van der Waals surface area contributed by atoms with E-state index in [0.29, 0.717) is 25.4 Å². The third-order valence-corrected chi connectivity index (χ3v) is 2.74. The van der Waals surface area contributed by atoms with Gasteiger partial charge in [0.25, 0.3) is 0 Å². The molecule has 0 bridgehead atoms. The summed E-state index contributed by atoms with van der Waals surface area (Å²) in [5, 5.41) is 12.4. The predicted octanol–water partition coefficient (Wildman–Crippen LogP) is -0.175. The molecule has 4 heteroatoms. The van der Waals surface area contributed by atoms with E-state index in [2.05, 4.69) is 12.2 Å². The summed E-state index contributed by atoms with van der Waals surface area (Å²) < 4.78 is 0. The third-order valence-electron chi connectivity index (χ3n) is 2.74. The Morgan fingerprint density at radius 2 is 2.43 bits per heavy atom. The molecule has 1 amide bonds. The van der Waals surface area contributed by atoms with E-state index in [1.54, 1.807) is 11.9 Å². The number of carbonyl (C=O) groups is 1. The minimum atomic E-state index is -0.445.